The zero-order valence-electron chi connectivity index (χ0n) is 7.50. The van der Waals surface area contributed by atoms with Gasteiger partial charge in [0.1, 0.15) is 11.0 Å². The van der Waals surface area contributed by atoms with Crippen LogP contribution in [0, 0.1) is 5.82 Å². The molecular weight excluding hydrogens is 219 g/mol. The first-order valence-corrected chi connectivity index (χ1v) is 4.55. The lowest BCUT2D eigenvalue weighted by atomic mass is 10.2. The second-order valence-electron chi connectivity index (χ2n) is 2.92. The van der Waals surface area contributed by atoms with Gasteiger partial charge in [0.25, 0.3) is 0 Å². The van der Waals surface area contributed by atoms with Crippen molar-refractivity contribution in [3.8, 4) is 11.3 Å². The van der Waals surface area contributed by atoms with E-state index in [2.05, 4.69) is 9.97 Å². The highest BCUT2D eigenvalue weighted by Gasteiger charge is 2.06. The Morgan fingerprint density at radius 3 is 2.93 bits per heavy atom. The van der Waals surface area contributed by atoms with E-state index in [0.29, 0.717) is 11.3 Å². The summed E-state index contributed by atoms with van der Waals surface area (Å²) in [6.45, 7) is 0. The highest BCUT2D eigenvalue weighted by Crippen LogP contribution is 2.23. The average Bonchev–Trinajstić information content (AvgIpc) is 2.22. The van der Waals surface area contributed by atoms with Gasteiger partial charge < -0.3 is 4.98 Å². The average molecular weight is 225 g/mol. The molecule has 0 bridgehead atoms. The number of hydrogen-bond donors (Lipinski definition) is 1. The Kier molecular flexibility index (Phi) is 2.51. The first-order valence-electron chi connectivity index (χ1n) is 4.17. The Labute approximate surface area is 89.6 Å². The van der Waals surface area contributed by atoms with Gasteiger partial charge >= 0.3 is 0 Å². The molecule has 5 heteroatoms. The summed E-state index contributed by atoms with van der Waals surface area (Å²) >= 11 is 5.78. The zero-order valence-corrected chi connectivity index (χ0v) is 8.25. The van der Waals surface area contributed by atoms with Gasteiger partial charge in [-0.2, -0.15) is 0 Å². The summed E-state index contributed by atoms with van der Waals surface area (Å²) in [5.74, 6) is -0.501. The number of halogens is 2. The van der Waals surface area contributed by atoms with Crippen LogP contribution in [-0.4, -0.2) is 9.97 Å². The highest BCUT2D eigenvalue weighted by molar-refractivity contribution is 6.32. The largest absolute Gasteiger partial charge is 0.322 e. The fourth-order valence-electron chi connectivity index (χ4n) is 1.22. The molecule has 0 fully saturated rings. The summed E-state index contributed by atoms with van der Waals surface area (Å²) in [4.78, 5) is 17.2. The summed E-state index contributed by atoms with van der Waals surface area (Å²) in [5, 5.41) is 0.151. The number of hydrogen-bond acceptors (Lipinski definition) is 2. The van der Waals surface area contributed by atoms with E-state index in [9.17, 15) is 9.18 Å². The molecule has 76 valence electrons. The summed E-state index contributed by atoms with van der Waals surface area (Å²) in [6, 6.07) is 5.78. The van der Waals surface area contributed by atoms with Gasteiger partial charge in [-0.1, -0.05) is 17.7 Å². The number of aromatic nitrogens is 2. The maximum atomic E-state index is 12.9. The maximum absolute atomic E-state index is 12.9. The van der Waals surface area contributed by atoms with E-state index >= 15 is 0 Å². The van der Waals surface area contributed by atoms with Gasteiger partial charge in [0.05, 0.1) is 11.9 Å². The van der Waals surface area contributed by atoms with Crippen molar-refractivity contribution in [3.63, 3.8) is 0 Å². The SMILES string of the molecule is O=c1cccc(-c2cc(F)cnc2Cl)[nH]1. The molecule has 0 aliphatic carbocycles. The van der Waals surface area contributed by atoms with Crippen LogP contribution in [-0.2, 0) is 0 Å². The molecule has 2 heterocycles. The molecule has 0 aliphatic rings. The predicted molar refractivity (Wildman–Crippen MR) is 55.3 cm³/mol. The molecule has 0 spiro atoms. The summed E-state index contributed by atoms with van der Waals surface area (Å²) in [5.41, 5.74) is 0.543. The zero-order chi connectivity index (χ0) is 10.8. The van der Waals surface area contributed by atoms with Crippen molar-refractivity contribution in [2.75, 3.05) is 0 Å². The van der Waals surface area contributed by atoms with Crippen molar-refractivity contribution in [2.24, 2.45) is 0 Å². The van der Waals surface area contributed by atoms with E-state index in [0.717, 1.165) is 6.20 Å². The molecule has 0 aromatic carbocycles. The topological polar surface area (TPSA) is 45.8 Å². The third-order valence-corrected chi connectivity index (χ3v) is 2.17. The second kappa shape index (κ2) is 3.82. The minimum Gasteiger partial charge on any atom is -0.322 e. The molecule has 15 heavy (non-hydrogen) atoms. The van der Waals surface area contributed by atoms with Crippen molar-refractivity contribution in [1.82, 2.24) is 9.97 Å². The number of H-pyrrole nitrogens is 1. The monoisotopic (exact) mass is 224 g/mol. The number of nitrogens with zero attached hydrogens (tertiary/aromatic N) is 1. The Balaban J connectivity index is 2.63. The van der Waals surface area contributed by atoms with Crippen LogP contribution in [0.2, 0.25) is 5.15 Å². The molecule has 0 aliphatic heterocycles. The highest BCUT2D eigenvalue weighted by atomic mass is 35.5. The first-order chi connectivity index (χ1) is 7.16. The summed E-state index contributed by atoms with van der Waals surface area (Å²) in [6.07, 6.45) is 1.02. The minimum atomic E-state index is -0.501. The quantitative estimate of drug-likeness (QED) is 0.755. The lowest BCUT2D eigenvalue weighted by Crippen LogP contribution is -2.04. The molecule has 0 amide bonds. The van der Waals surface area contributed by atoms with Crippen molar-refractivity contribution < 1.29 is 4.39 Å². The standard InChI is InChI=1S/C10H6ClFN2O/c11-10-7(4-6(12)5-13-10)8-2-1-3-9(15)14-8/h1-5H,(H,14,15). The van der Waals surface area contributed by atoms with Crippen LogP contribution in [0.3, 0.4) is 0 Å². The minimum absolute atomic E-state index is 0.151. The fourth-order valence-corrected chi connectivity index (χ4v) is 1.42. The summed E-state index contributed by atoms with van der Waals surface area (Å²) < 4.78 is 12.9. The van der Waals surface area contributed by atoms with E-state index in [1.807, 2.05) is 0 Å². The molecular formula is C10H6ClFN2O. The Morgan fingerprint density at radius 2 is 2.20 bits per heavy atom. The van der Waals surface area contributed by atoms with E-state index in [-0.39, 0.29) is 10.7 Å². The second-order valence-corrected chi connectivity index (χ2v) is 3.28. The van der Waals surface area contributed by atoms with Crippen LogP contribution in [0.25, 0.3) is 11.3 Å². The Hall–Kier alpha value is -1.68. The van der Waals surface area contributed by atoms with Crippen molar-refractivity contribution in [3.05, 3.63) is 51.8 Å². The van der Waals surface area contributed by atoms with Crippen LogP contribution >= 0.6 is 11.6 Å². The fraction of sp³-hybridized carbons (Fsp3) is 0. The van der Waals surface area contributed by atoms with Crippen molar-refractivity contribution >= 4 is 11.6 Å². The molecule has 0 radical (unpaired) electrons. The van der Waals surface area contributed by atoms with Gasteiger partial charge in [-0.3, -0.25) is 4.79 Å². The molecule has 3 nitrogen and oxygen atoms in total. The molecule has 2 rings (SSSR count). The number of rotatable bonds is 1. The molecule has 0 unspecified atom stereocenters. The van der Waals surface area contributed by atoms with Gasteiger partial charge in [-0.15, -0.1) is 0 Å². The van der Waals surface area contributed by atoms with Crippen LogP contribution < -0.4 is 5.56 Å². The van der Waals surface area contributed by atoms with Gasteiger partial charge in [0.2, 0.25) is 5.56 Å². The molecule has 0 saturated carbocycles. The van der Waals surface area contributed by atoms with E-state index < -0.39 is 5.82 Å². The first kappa shape index (κ1) is 9.86. The maximum Gasteiger partial charge on any atom is 0.248 e. The Bertz CT molecular complexity index is 553. The van der Waals surface area contributed by atoms with Gasteiger partial charge in [0, 0.05) is 11.6 Å². The molecule has 1 N–H and O–H groups in total. The third-order valence-electron chi connectivity index (χ3n) is 1.86. The van der Waals surface area contributed by atoms with Crippen molar-refractivity contribution in [2.45, 2.75) is 0 Å². The van der Waals surface area contributed by atoms with E-state index in [1.54, 1.807) is 12.1 Å². The number of nitrogens with one attached hydrogen (secondary N) is 1. The number of aromatic amines is 1. The van der Waals surface area contributed by atoms with Crippen LogP contribution in [0.5, 0.6) is 0 Å². The van der Waals surface area contributed by atoms with Crippen LogP contribution in [0.4, 0.5) is 4.39 Å². The normalized spacial score (nSPS) is 10.3. The van der Waals surface area contributed by atoms with E-state index in [1.165, 1.54) is 12.1 Å². The third kappa shape index (κ3) is 2.05. The molecule has 0 saturated heterocycles. The smallest absolute Gasteiger partial charge is 0.248 e. The van der Waals surface area contributed by atoms with Crippen molar-refractivity contribution in [1.29, 1.82) is 0 Å². The lowest BCUT2D eigenvalue weighted by molar-refractivity contribution is 0.622. The van der Waals surface area contributed by atoms with Gasteiger partial charge in [-0.05, 0) is 12.1 Å². The lowest BCUT2D eigenvalue weighted by Gasteiger charge is -2.02. The molecule has 2 aromatic heterocycles. The van der Waals surface area contributed by atoms with Gasteiger partial charge in [-0.25, -0.2) is 9.37 Å². The van der Waals surface area contributed by atoms with Gasteiger partial charge in [0.15, 0.2) is 0 Å². The van der Waals surface area contributed by atoms with E-state index in [4.69, 9.17) is 11.6 Å². The molecule has 0 atom stereocenters. The predicted octanol–water partition coefficient (Wildman–Crippen LogP) is 2.23. The molecule has 2 aromatic rings. The number of pyridine rings is 2. The van der Waals surface area contributed by atoms with Crippen LogP contribution in [0.1, 0.15) is 0 Å². The Morgan fingerprint density at radius 1 is 1.40 bits per heavy atom. The van der Waals surface area contributed by atoms with Crippen LogP contribution in [0.15, 0.2) is 35.3 Å². The summed E-state index contributed by atoms with van der Waals surface area (Å²) in [7, 11) is 0.